The lowest BCUT2D eigenvalue weighted by Crippen LogP contribution is -1.82. The van der Waals surface area contributed by atoms with Crippen LogP contribution in [0.4, 0.5) is 0 Å². The molecule has 0 nitrogen and oxygen atoms in total. The first-order valence-electron chi connectivity index (χ1n) is 4.60. The van der Waals surface area contributed by atoms with Crippen molar-refractivity contribution in [2.45, 2.75) is 6.92 Å². The second-order valence-corrected chi connectivity index (χ2v) is 4.69. The van der Waals surface area contributed by atoms with Gasteiger partial charge >= 0.3 is 0 Å². The van der Waals surface area contributed by atoms with E-state index in [4.69, 9.17) is 11.6 Å². The lowest BCUT2D eigenvalue weighted by molar-refractivity contribution is 1.45. The Balaban J connectivity index is 2.58. The normalized spacial score (nSPS) is 10.3. The first-order valence-corrected chi connectivity index (χ1v) is 5.77. The molecule has 0 saturated heterocycles. The molecule has 0 amide bonds. The van der Waals surface area contributed by atoms with Gasteiger partial charge in [-0.15, -0.1) is 0 Å². The summed E-state index contributed by atoms with van der Waals surface area (Å²) in [6.45, 7) is 2.07. The van der Waals surface area contributed by atoms with Crippen molar-refractivity contribution in [2.24, 2.45) is 0 Å². The molecule has 0 unspecified atom stereocenters. The molecule has 0 bridgehead atoms. The standard InChI is InChI=1S/C13H9BrCl/c1-9-5-6-13(14)12(7-9)10-3-2-4-11(15)8-10/h2,4-8H,1H3. The van der Waals surface area contributed by atoms with Gasteiger partial charge in [-0.05, 0) is 42.3 Å². The van der Waals surface area contributed by atoms with E-state index in [1.165, 1.54) is 5.56 Å². The van der Waals surface area contributed by atoms with Crippen molar-refractivity contribution in [1.82, 2.24) is 0 Å². The molecule has 0 spiro atoms. The zero-order chi connectivity index (χ0) is 10.8. The van der Waals surface area contributed by atoms with Crippen LogP contribution in [-0.4, -0.2) is 0 Å². The van der Waals surface area contributed by atoms with E-state index in [1.807, 2.05) is 24.3 Å². The molecule has 2 aromatic rings. The maximum atomic E-state index is 5.95. The van der Waals surface area contributed by atoms with Crippen LogP contribution in [0.5, 0.6) is 0 Å². The van der Waals surface area contributed by atoms with Crippen molar-refractivity contribution < 1.29 is 0 Å². The van der Waals surface area contributed by atoms with Gasteiger partial charge in [0.15, 0.2) is 0 Å². The molecule has 0 aliphatic heterocycles. The quantitative estimate of drug-likeness (QED) is 0.698. The first-order chi connectivity index (χ1) is 7.16. The number of aryl methyl sites for hydroxylation is 1. The summed E-state index contributed by atoms with van der Waals surface area (Å²) in [5.74, 6) is 0. The van der Waals surface area contributed by atoms with E-state index in [9.17, 15) is 0 Å². The van der Waals surface area contributed by atoms with Crippen molar-refractivity contribution in [3.05, 3.63) is 57.5 Å². The topological polar surface area (TPSA) is 0 Å². The van der Waals surface area contributed by atoms with Gasteiger partial charge in [0.2, 0.25) is 0 Å². The molecule has 15 heavy (non-hydrogen) atoms. The van der Waals surface area contributed by atoms with E-state index in [-0.39, 0.29) is 0 Å². The van der Waals surface area contributed by atoms with Gasteiger partial charge in [0, 0.05) is 9.50 Å². The predicted octanol–water partition coefficient (Wildman–Crippen LogP) is 4.88. The third-order valence-corrected chi connectivity index (χ3v) is 3.10. The minimum absolute atomic E-state index is 0.733. The van der Waals surface area contributed by atoms with Crippen molar-refractivity contribution in [2.75, 3.05) is 0 Å². The lowest BCUT2D eigenvalue weighted by Gasteiger charge is -2.05. The molecule has 0 heterocycles. The fraction of sp³-hybridized carbons (Fsp3) is 0.0769. The van der Waals surface area contributed by atoms with E-state index in [0.29, 0.717) is 0 Å². The largest absolute Gasteiger partial charge is 0.0843 e. The summed E-state index contributed by atoms with van der Waals surface area (Å²) < 4.78 is 1.06. The van der Waals surface area contributed by atoms with E-state index >= 15 is 0 Å². The molecule has 0 atom stereocenters. The Morgan fingerprint density at radius 3 is 2.73 bits per heavy atom. The molecule has 0 saturated carbocycles. The van der Waals surface area contributed by atoms with Crippen LogP contribution in [0.1, 0.15) is 5.56 Å². The highest BCUT2D eigenvalue weighted by molar-refractivity contribution is 9.10. The number of halogens is 2. The van der Waals surface area contributed by atoms with Gasteiger partial charge < -0.3 is 0 Å². The molecule has 0 aromatic heterocycles. The Morgan fingerprint density at radius 1 is 1.20 bits per heavy atom. The van der Waals surface area contributed by atoms with Gasteiger partial charge in [-0.1, -0.05) is 51.3 Å². The summed E-state index contributed by atoms with van der Waals surface area (Å²) >= 11 is 9.48. The van der Waals surface area contributed by atoms with Crippen molar-refractivity contribution >= 4 is 27.5 Å². The van der Waals surface area contributed by atoms with Gasteiger partial charge in [-0.3, -0.25) is 0 Å². The summed E-state index contributed by atoms with van der Waals surface area (Å²) in [4.78, 5) is 0. The van der Waals surface area contributed by atoms with Crippen LogP contribution in [0.3, 0.4) is 0 Å². The van der Waals surface area contributed by atoms with Gasteiger partial charge in [0.25, 0.3) is 0 Å². The zero-order valence-corrected chi connectivity index (χ0v) is 10.6. The third-order valence-electron chi connectivity index (χ3n) is 2.18. The fourth-order valence-electron chi connectivity index (χ4n) is 1.44. The number of hydrogen-bond donors (Lipinski definition) is 0. The summed E-state index contributed by atoms with van der Waals surface area (Å²) in [5.41, 5.74) is 3.36. The Labute approximate surface area is 103 Å². The predicted molar refractivity (Wildman–Crippen MR) is 68.2 cm³/mol. The third kappa shape index (κ3) is 2.42. The SMILES string of the molecule is Cc1ccc(Br)c(-c2[c]ccc(Cl)c2)c1. The molecular weight excluding hydrogens is 272 g/mol. The summed E-state index contributed by atoms with van der Waals surface area (Å²) in [7, 11) is 0. The Kier molecular flexibility index (Phi) is 3.13. The molecule has 0 aliphatic rings. The average molecular weight is 281 g/mol. The minimum Gasteiger partial charge on any atom is -0.0843 e. The van der Waals surface area contributed by atoms with Crippen LogP contribution >= 0.6 is 27.5 Å². The number of benzene rings is 2. The Hall–Kier alpha value is -0.790. The lowest BCUT2D eigenvalue weighted by atomic mass is 10.0. The average Bonchev–Trinajstić information content (AvgIpc) is 2.22. The molecule has 75 valence electrons. The zero-order valence-electron chi connectivity index (χ0n) is 8.22. The second-order valence-electron chi connectivity index (χ2n) is 3.40. The van der Waals surface area contributed by atoms with Gasteiger partial charge in [-0.2, -0.15) is 0 Å². The number of hydrogen-bond acceptors (Lipinski definition) is 0. The monoisotopic (exact) mass is 279 g/mol. The Morgan fingerprint density at radius 2 is 2.00 bits per heavy atom. The second kappa shape index (κ2) is 4.38. The van der Waals surface area contributed by atoms with Crippen LogP contribution in [-0.2, 0) is 0 Å². The van der Waals surface area contributed by atoms with Gasteiger partial charge in [0.1, 0.15) is 0 Å². The van der Waals surface area contributed by atoms with Crippen LogP contribution < -0.4 is 0 Å². The molecule has 2 heteroatoms. The molecule has 2 aromatic carbocycles. The van der Waals surface area contributed by atoms with E-state index in [1.54, 1.807) is 0 Å². The highest BCUT2D eigenvalue weighted by Crippen LogP contribution is 2.30. The van der Waals surface area contributed by atoms with E-state index < -0.39 is 0 Å². The van der Waals surface area contributed by atoms with Gasteiger partial charge in [0.05, 0.1) is 0 Å². The summed E-state index contributed by atoms with van der Waals surface area (Å²) in [6, 6.07) is 15.0. The molecule has 0 aliphatic carbocycles. The summed E-state index contributed by atoms with van der Waals surface area (Å²) in [5, 5.41) is 0.733. The van der Waals surface area contributed by atoms with Crippen molar-refractivity contribution in [3.8, 4) is 11.1 Å². The minimum atomic E-state index is 0.733. The Bertz CT molecular complexity index is 492. The van der Waals surface area contributed by atoms with Gasteiger partial charge in [-0.25, -0.2) is 0 Å². The van der Waals surface area contributed by atoms with Crippen LogP contribution in [0.15, 0.2) is 40.9 Å². The molecule has 0 N–H and O–H groups in total. The smallest absolute Gasteiger partial charge is 0.0412 e. The van der Waals surface area contributed by atoms with E-state index in [0.717, 1.165) is 20.6 Å². The number of rotatable bonds is 1. The van der Waals surface area contributed by atoms with Crippen molar-refractivity contribution in [1.29, 1.82) is 0 Å². The fourth-order valence-corrected chi connectivity index (χ4v) is 2.07. The molecular formula is C13H9BrCl. The highest BCUT2D eigenvalue weighted by Gasteiger charge is 2.03. The first kappa shape index (κ1) is 10.7. The molecule has 0 fully saturated rings. The molecule has 1 radical (unpaired) electrons. The summed E-state index contributed by atoms with van der Waals surface area (Å²) in [6.07, 6.45) is 0. The maximum Gasteiger partial charge on any atom is 0.0412 e. The van der Waals surface area contributed by atoms with Crippen LogP contribution in [0.25, 0.3) is 11.1 Å². The highest BCUT2D eigenvalue weighted by atomic mass is 79.9. The van der Waals surface area contributed by atoms with Crippen molar-refractivity contribution in [3.63, 3.8) is 0 Å². The van der Waals surface area contributed by atoms with Crippen LogP contribution in [0.2, 0.25) is 5.02 Å². The maximum absolute atomic E-state index is 5.95. The van der Waals surface area contributed by atoms with E-state index in [2.05, 4.69) is 41.1 Å². The van der Waals surface area contributed by atoms with Crippen LogP contribution in [0, 0.1) is 13.0 Å². The molecule has 2 rings (SSSR count).